The number of carbonyl (C=O) groups is 1. The van der Waals surface area contributed by atoms with Gasteiger partial charge in [0.05, 0.1) is 41.3 Å². The third-order valence-electron chi connectivity index (χ3n) is 5.21. The molecule has 9 nitrogen and oxygen atoms in total. The Morgan fingerprint density at radius 1 is 1.22 bits per heavy atom. The molecular formula is C24H19ClFN5O4S. The molecule has 12 heteroatoms. The molecule has 0 radical (unpaired) electrons. The number of carbonyl (C=O) groups excluding carboxylic acids is 1. The van der Waals surface area contributed by atoms with Crippen LogP contribution in [-0.2, 0) is 4.74 Å². The molecule has 0 saturated heterocycles. The molecule has 36 heavy (non-hydrogen) atoms. The molecule has 3 heterocycles. The van der Waals surface area contributed by atoms with E-state index < -0.39 is 11.9 Å². The van der Waals surface area contributed by atoms with Crippen LogP contribution in [0.2, 0.25) is 5.02 Å². The van der Waals surface area contributed by atoms with Gasteiger partial charge in [-0.2, -0.15) is 0 Å². The van der Waals surface area contributed by atoms with E-state index in [4.69, 9.17) is 25.8 Å². The largest absolute Gasteiger partial charge is 0.487 e. The van der Waals surface area contributed by atoms with Crippen molar-refractivity contribution in [3.8, 4) is 22.2 Å². The lowest BCUT2D eigenvalue weighted by Crippen LogP contribution is -2.25. The lowest BCUT2D eigenvalue weighted by molar-refractivity contribution is 0.127. The number of aliphatic imine (C=N–C) groups is 1. The highest BCUT2D eigenvalue weighted by molar-refractivity contribution is 7.21. The Bertz CT molecular complexity index is 1560. The highest BCUT2D eigenvalue weighted by atomic mass is 35.5. The molecule has 1 N–H and O–H groups in total. The van der Waals surface area contributed by atoms with Gasteiger partial charge in [0.2, 0.25) is 5.88 Å². The first-order chi connectivity index (χ1) is 17.4. The Hall–Kier alpha value is -3.83. The first-order valence-corrected chi connectivity index (χ1v) is 12.0. The predicted molar refractivity (Wildman–Crippen MR) is 136 cm³/mol. The number of aromatic nitrogens is 3. The number of amides is 1. The number of ether oxygens (including phenoxy) is 3. The summed E-state index contributed by atoms with van der Waals surface area (Å²) in [5.41, 5.74) is 3.90. The van der Waals surface area contributed by atoms with Crippen LogP contribution in [0.5, 0.6) is 11.6 Å². The van der Waals surface area contributed by atoms with Crippen LogP contribution in [0, 0.1) is 12.7 Å². The molecule has 0 unspecified atom stereocenters. The van der Waals surface area contributed by atoms with Crippen LogP contribution in [0.1, 0.15) is 5.56 Å². The number of aryl methyl sites for hydroxylation is 1. The molecule has 2 aromatic heterocycles. The smallest absolute Gasteiger partial charge is 0.411 e. The van der Waals surface area contributed by atoms with E-state index in [2.05, 4.69) is 25.3 Å². The maximum absolute atomic E-state index is 14.9. The monoisotopic (exact) mass is 527 g/mol. The van der Waals surface area contributed by atoms with Crippen LogP contribution < -0.4 is 14.8 Å². The fraction of sp³-hybridized carbons (Fsp3) is 0.208. The van der Waals surface area contributed by atoms with Gasteiger partial charge in [0, 0.05) is 17.8 Å². The van der Waals surface area contributed by atoms with E-state index >= 15 is 0 Å². The molecule has 0 fully saturated rings. The van der Waals surface area contributed by atoms with Gasteiger partial charge in [-0.25, -0.2) is 24.1 Å². The van der Waals surface area contributed by atoms with Crippen LogP contribution in [0.15, 0.2) is 41.2 Å². The second-order valence-electron chi connectivity index (χ2n) is 7.72. The minimum absolute atomic E-state index is 0.0593. The molecule has 0 atom stereocenters. The third-order valence-corrected chi connectivity index (χ3v) is 6.59. The quantitative estimate of drug-likeness (QED) is 0.333. The first kappa shape index (κ1) is 23.9. The number of thiazole rings is 1. The zero-order chi connectivity index (χ0) is 25.2. The first-order valence-electron chi connectivity index (χ1n) is 10.8. The molecule has 184 valence electrons. The summed E-state index contributed by atoms with van der Waals surface area (Å²) in [4.78, 5) is 29.3. The number of methoxy groups -OCH3 is 1. The molecule has 1 aliphatic rings. The van der Waals surface area contributed by atoms with Gasteiger partial charge in [-0.1, -0.05) is 11.6 Å². The van der Waals surface area contributed by atoms with E-state index in [0.717, 1.165) is 11.1 Å². The average Bonchev–Trinajstić information content (AvgIpc) is 3.53. The number of allylic oxidation sites excluding steroid dienone is 1. The number of hydrogen-bond donors (Lipinski definition) is 1. The molecule has 5 rings (SSSR count). The summed E-state index contributed by atoms with van der Waals surface area (Å²) in [6.07, 6.45) is 4.17. The van der Waals surface area contributed by atoms with Gasteiger partial charge in [0.15, 0.2) is 11.6 Å². The van der Waals surface area contributed by atoms with E-state index in [1.807, 2.05) is 19.1 Å². The van der Waals surface area contributed by atoms with Crippen molar-refractivity contribution in [1.29, 1.82) is 0 Å². The summed E-state index contributed by atoms with van der Waals surface area (Å²) in [5, 5.41) is 3.00. The molecule has 1 amide bonds. The minimum Gasteiger partial charge on any atom is -0.487 e. The number of nitrogens with zero attached hydrogens (tertiary/aromatic N) is 4. The molecule has 0 spiro atoms. The highest BCUT2D eigenvalue weighted by Crippen LogP contribution is 2.40. The zero-order valence-corrected chi connectivity index (χ0v) is 20.7. The minimum atomic E-state index is -0.739. The summed E-state index contributed by atoms with van der Waals surface area (Å²) in [5.74, 6) is -0.395. The summed E-state index contributed by atoms with van der Waals surface area (Å²) < 4.78 is 31.3. The van der Waals surface area contributed by atoms with E-state index in [9.17, 15) is 9.18 Å². The van der Waals surface area contributed by atoms with Crippen LogP contribution in [0.25, 0.3) is 31.8 Å². The Kier molecular flexibility index (Phi) is 6.66. The van der Waals surface area contributed by atoms with Gasteiger partial charge in [-0.05, 0) is 30.7 Å². The molecule has 0 saturated carbocycles. The SMILES string of the molecule is COc1cnc2c(-c3nc4c(Cl)c(F)c(OCCOC(=O)NC5=CCN=C5)cc4s3)cc(C)cc2n1. The topological polar surface area (TPSA) is 108 Å². The Morgan fingerprint density at radius 2 is 2.08 bits per heavy atom. The Morgan fingerprint density at radius 3 is 2.86 bits per heavy atom. The lowest BCUT2D eigenvalue weighted by Gasteiger charge is -2.09. The van der Waals surface area contributed by atoms with Gasteiger partial charge in [0.25, 0.3) is 0 Å². The normalized spacial score (nSPS) is 12.7. The van der Waals surface area contributed by atoms with E-state index in [-0.39, 0.29) is 24.0 Å². The fourth-order valence-electron chi connectivity index (χ4n) is 3.59. The second kappa shape index (κ2) is 10.0. The summed E-state index contributed by atoms with van der Waals surface area (Å²) in [7, 11) is 1.53. The zero-order valence-electron chi connectivity index (χ0n) is 19.2. The van der Waals surface area contributed by atoms with Crippen molar-refractivity contribution < 1.29 is 23.4 Å². The number of alkyl carbamates (subject to hydrolysis) is 1. The fourth-order valence-corrected chi connectivity index (χ4v) is 4.90. The average molecular weight is 528 g/mol. The van der Waals surface area contributed by atoms with E-state index in [1.165, 1.54) is 36.9 Å². The van der Waals surface area contributed by atoms with Gasteiger partial charge >= 0.3 is 6.09 Å². The molecule has 0 aliphatic carbocycles. The molecule has 1 aliphatic heterocycles. The number of rotatable bonds is 7. The summed E-state index contributed by atoms with van der Waals surface area (Å²) >= 11 is 7.64. The van der Waals surface area contributed by atoms with Gasteiger partial charge in [-0.3, -0.25) is 10.3 Å². The summed E-state index contributed by atoms with van der Waals surface area (Å²) in [6, 6.07) is 5.38. The highest BCUT2D eigenvalue weighted by Gasteiger charge is 2.20. The molecule has 2 aromatic carbocycles. The second-order valence-corrected chi connectivity index (χ2v) is 9.13. The van der Waals surface area contributed by atoms with E-state index in [1.54, 1.807) is 6.08 Å². The van der Waals surface area contributed by atoms with Crippen LogP contribution >= 0.6 is 22.9 Å². The van der Waals surface area contributed by atoms with Gasteiger partial charge in [0.1, 0.15) is 28.8 Å². The molecule has 0 bridgehead atoms. The van der Waals surface area contributed by atoms with Gasteiger partial charge < -0.3 is 14.2 Å². The van der Waals surface area contributed by atoms with Crippen molar-refractivity contribution in [3.05, 3.63) is 52.6 Å². The van der Waals surface area contributed by atoms with Crippen LogP contribution in [0.4, 0.5) is 9.18 Å². The van der Waals surface area contributed by atoms with Crippen molar-refractivity contribution in [2.24, 2.45) is 4.99 Å². The van der Waals surface area contributed by atoms with Crippen molar-refractivity contribution >= 4 is 56.5 Å². The third kappa shape index (κ3) is 4.79. The molecular weight excluding hydrogens is 509 g/mol. The molecule has 4 aromatic rings. The number of nitrogens with one attached hydrogen (secondary N) is 1. The van der Waals surface area contributed by atoms with Crippen LogP contribution in [-0.4, -0.2) is 54.1 Å². The Labute approximate surface area is 213 Å². The van der Waals surface area contributed by atoms with Crippen molar-refractivity contribution in [2.45, 2.75) is 6.92 Å². The van der Waals surface area contributed by atoms with Crippen molar-refractivity contribution in [1.82, 2.24) is 20.3 Å². The lowest BCUT2D eigenvalue weighted by atomic mass is 10.1. The summed E-state index contributed by atoms with van der Waals surface area (Å²) in [6.45, 7) is 2.31. The number of benzene rings is 2. The predicted octanol–water partition coefficient (Wildman–Crippen LogP) is 5.09. The van der Waals surface area contributed by atoms with Gasteiger partial charge in [-0.15, -0.1) is 11.3 Å². The van der Waals surface area contributed by atoms with Crippen molar-refractivity contribution in [3.63, 3.8) is 0 Å². The number of fused-ring (bicyclic) bond motifs is 2. The maximum atomic E-state index is 14.9. The van der Waals surface area contributed by atoms with E-state index in [0.29, 0.717) is 44.4 Å². The van der Waals surface area contributed by atoms with Crippen LogP contribution in [0.3, 0.4) is 0 Å². The number of hydrogen-bond acceptors (Lipinski definition) is 9. The maximum Gasteiger partial charge on any atom is 0.411 e. The van der Waals surface area contributed by atoms with Crippen molar-refractivity contribution in [2.75, 3.05) is 26.9 Å². The standard InChI is InChI=1S/C24H19ClFN5O4S/c1-12-7-14(21-15(8-12)30-18(33-2)11-28-21)23-31-22-17(36-23)9-16(20(26)19(22)25)34-5-6-35-24(32)29-13-3-4-27-10-13/h3,7-11H,4-6H2,1-2H3,(H,29,32). The Balaban J connectivity index is 1.36. The number of halogens is 2.